The van der Waals surface area contributed by atoms with Gasteiger partial charge in [0.05, 0.1) is 16.7 Å². The van der Waals surface area contributed by atoms with Gasteiger partial charge in [-0.25, -0.2) is 0 Å². The summed E-state index contributed by atoms with van der Waals surface area (Å²) in [6, 6.07) is 2.29. The molecule has 1 amide bonds. The van der Waals surface area contributed by atoms with Gasteiger partial charge in [-0.15, -0.1) is 11.3 Å². The monoisotopic (exact) mass is 390 g/mol. The summed E-state index contributed by atoms with van der Waals surface area (Å²) in [7, 11) is 1.95. The van der Waals surface area contributed by atoms with Crippen LogP contribution in [0.25, 0.3) is 10.2 Å². The molecule has 2 aliphatic heterocycles. The lowest BCUT2D eigenvalue weighted by Crippen LogP contribution is -2.46. The van der Waals surface area contributed by atoms with Gasteiger partial charge in [0.2, 0.25) is 0 Å². The zero-order valence-corrected chi connectivity index (χ0v) is 17.3. The fourth-order valence-electron chi connectivity index (χ4n) is 4.20. The van der Waals surface area contributed by atoms with Crippen LogP contribution in [0.3, 0.4) is 0 Å². The molecule has 1 atom stereocenters. The van der Waals surface area contributed by atoms with Gasteiger partial charge in [0, 0.05) is 44.7 Å². The van der Waals surface area contributed by atoms with Gasteiger partial charge < -0.3 is 15.0 Å². The van der Waals surface area contributed by atoms with Crippen LogP contribution in [0.1, 0.15) is 60.8 Å². The van der Waals surface area contributed by atoms with E-state index >= 15 is 0 Å². The second kappa shape index (κ2) is 7.89. The van der Waals surface area contributed by atoms with E-state index in [9.17, 15) is 4.79 Å². The van der Waals surface area contributed by atoms with E-state index in [1.807, 2.05) is 17.8 Å². The molecule has 0 aliphatic carbocycles. The zero-order valence-electron chi connectivity index (χ0n) is 16.5. The molecule has 0 radical (unpaired) electrons. The predicted molar refractivity (Wildman–Crippen MR) is 109 cm³/mol. The standard InChI is InChI=1S/C20H30N4O2S/c1-13(2)18-16-11-17(27-20(16)23(3)22-18)19(25)21-14-6-8-24(9-7-14)12-15-5-4-10-26-15/h11,13-15H,4-10,12H2,1-3H3,(H,21,25). The zero-order chi connectivity index (χ0) is 19.0. The number of likely N-dealkylation sites (tertiary alicyclic amines) is 1. The molecule has 1 N–H and O–H groups in total. The van der Waals surface area contributed by atoms with Crippen molar-refractivity contribution < 1.29 is 9.53 Å². The minimum Gasteiger partial charge on any atom is -0.377 e. The summed E-state index contributed by atoms with van der Waals surface area (Å²) in [6.07, 6.45) is 4.83. The molecular weight excluding hydrogens is 360 g/mol. The largest absolute Gasteiger partial charge is 0.377 e. The predicted octanol–water partition coefficient (Wildman–Crippen LogP) is 3.13. The van der Waals surface area contributed by atoms with Crippen molar-refractivity contribution in [3.8, 4) is 0 Å². The lowest BCUT2D eigenvalue weighted by Gasteiger charge is -2.33. The smallest absolute Gasteiger partial charge is 0.261 e. The second-order valence-electron chi connectivity index (χ2n) is 8.18. The molecule has 0 aromatic carbocycles. The van der Waals surface area contributed by atoms with Crippen LogP contribution in [0.5, 0.6) is 0 Å². The molecule has 4 rings (SSSR count). The number of hydrogen-bond donors (Lipinski definition) is 1. The minimum atomic E-state index is 0.0588. The molecule has 2 aliphatic rings. The molecule has 2 aromatic rings. The van der Waals surface area contributed by atoms with E-state index in [2.05, 4.69) is 29.2 Å². The fourth-order valence-corrected chi connectivity index (χ4v) is 5.18. The van der Waals surface area contributed by atoms with Gasteiger partial charge in [0.25, 0.3) is 5.91 Å². The quantitative estimate of drug-likeness (QED) is 0.852. The molecule has 0 spiro atoms. The lowest BCUT2D eigenvalue weighted by atomic mass is 10.0. The van der Waals surface area contributed by atoms with Crippen LogP contribution >= 0.6 is 11.3 Å². The molecule has 27 heavy (non-hydrogen) atoms. The van der Waals surface area contributed by atoms with Gasteiger partial charge in [0.1, 0.15) is 4.83 Å². The topological polar surface area (TPSA) is 59.4 Å². The first kappa shape index (κ1) is 18.9. The summed E-state index contributed by atoms with van der Waals surface area (Å²) in [6.45, 7) is 8.33. The number of nitrogens with one attached hydrogen (secondary N) is 1. The van der Waals surface area contributed by atoms with Gasteiger partial charge in [0.15, 0.2) is 0 Å². The Morgan fingerprint density at radius 3 is 2.81 bits per heavy atom. The maximum absolute atomic E-state index is 12.8. The molecule has 4 heterocycles. The molecule has 6 nitrogen and oxygen atoms in total. The van der Waals surface area contributed by atoms with E-state index in [-0.39, 0.29) is 11.9 Å². The van der Waals surface area contributed by atoms with E-state index in [0.29, 0.717) is 12.0 Å². The summed E-state index contributed by atoms with van der Waals surface area (Å²) in [5.41, 5.74) is 1.07. The molecule has 0 saturated carbocycles. The van der Waals surface area contributed by atoms with Gasteiger partial charge in [-0.1, -0.05) is 13.8 Å². The number of aromatic nitrogens is 2. The Kier molecular flexibility index (Phi) is 5.53. The number of thiophene rings is 1. The van der Waals surface area contributed by atoms with E-state index in [4.69, 9.17) is 4.74 Å². The third-order valence-electron chi connectivity index (χ3n) is 5.72. The highest BCUT2D eigenvalue weighted by Gasteiger charge is 2.26. The van der Waals surface area contributed by atoms with Crippen LogP contribution in [-0.4, -0.2) is 59.0 Å². The Hall–Kier alpha value is -1.44. The van der Waals surface area contributed by atoms with E-state index in [1.165, 1.54) is 12.8 Å². The Morgan fingerprint density at radius 1 is 1.37 bits per heavy atom. The normalized spacial score (nSPS) is 22.1. The first-order valence-corrected chi connectivity index (χ1v) is 10.9. The Balaban J connectivity index is 1.34. The highest BCUT2D eigenvalue weighted by atomic mass is 32.1. The molecule has 2 saturated heterocycles. The highest BCUT2D eigenvalue weighted by Crippen LogP contribution is 2.31. The number of carbonyl (C=O) groups excluding carboxylic acids is 1. The van der Waals surface area contributed by atoms with E-state index < -0.39 is 0 Å². The third kappa shape index (κ3) is 4.05. The summed E-state index contributed by atoms with van der Waals surface area (Å²) in [4.78, 5) is 17.1. The van der Waals surface area contributed by atoms with Crippen LogP contribution in [0.4, 0.5) is 0 Å². The fraction of sp³-hybridized carbons (Fsp3) is 0.700. The Labute approximate surface area is 164 Å². The van der Waals surface area contributed by atoms with Gasteiger partial charge in [-0.3, -0.25) is 9.48 Å². The number of amides is 1. The minimum absolute atomic E-state index is 0.0588. The maximum Gasteiger partial charge on any atom is 0.261 e. The van der Waals surface area contributed by atoms with E-state index in [0.717, 1.165) is 59.9 Å². The summed E-state index contributed by atoms with van der Waals surface area (Å²) in [5, 5.41) is 8.97. The first-order valence-electron chi connectivity index (χ1n) is 10.1. The van der Waals surface area contributed by atoms with Crippen LogP contribution in [0.15, 0.2) is 6.07 Å². The number of aryl methyl sites for hydroxylation is 1. The van der Waals surface area contributed by atoms with Crippen molar-refractivity contribution in [2.75, 3.05) is 26.2 Å². The summed E-state index contributed by atoms with van der Waals surface area (Å²) < 4.78 is 7.64. The van der Waals surface area contributed by atoms with Gasteiger partial charge >= 0.3 is 0 Å². The van der Waals surface area contributed by atoms with E-state index in [1.54, 1.807) is 11.3 Å². The highest BCUT2D eigenvalue weighted by molar-refractivity contribution is 7.20. The van der Waals surface area contributed by atoms with Crippen molar-refractivity contribution in [1.29, 1.82) is 0 Å². The number of fused-ring (bicyclic) bond motifs is 1. The van der Waals surface area contributed by atoms with Crippen molar-refractivity contribution in [2.24, 2.45) is 7.05 Å². The average molecular weight is 391 g/mol. The molecule has 2 fully saturated rings. The van der Waals surface area contributed by atoms with Crippen molar-refractivity contribution in [3.05, 3.63) is 16.6 Å². The Bertz CT molecular complexity index is 798. The SMILES string of the molecule is CC(C)c1nn(C)c2sc(C(=O)NC3CCN(CC4CCCO4)CC3)cc12. The number of rotatable bonds is 5. The number of carbonyl (C=O) groups is 1. The Morgan fingerprint density at radius 2 is 2.15 bits per heavy atom. The second-order valence-corrected chi connectivity index (χ2v) is 9.21. The number of piperidine rings is 1. The molecule has 1 unspecified atom stereocenters. The van der Waals surface area contributed by atoms with Crippen LogP contribution < -0.4 is 5.32 Å². The van der Waals surface area contributed by atoms with Crippen molar-refractivity contribution in [1.82, 2.24) is 20.0 Å². The number of ether oxygens (including phenoxy) is 1. The molecule has 0 bridgehead atoms. The van der Waals surface area contributed by atoms with Crippen LogP contribution in [0.2, 0.25) is 0 Å². The number of nitrogens with zero attached hydrogens (tertiary/aromatic N) is 3. The van der Waals surface area contributed by atoms with Gasteiger partial charge in [-0.05, 0) is 37.7 Å². The molecular formula is C20H30N4O2S. The summed E-state index contributed by atoms with van der Waals surface area (Å²) in [5.74, 6) is 0.413. The first-order chi connectivity index (χ1) is 13.0. The van der Waals surface area contributed by atoms with Crippen molar-refractivity contribution in [2.45, 2.75) is 57.6 Å². The van der Waals surface area contributed by atoms with Crippen LogP contribution in [0, 0.1) is 0 Å². The molecule has 2 aromatic heterocycles. The molecule has 7 heteroatoms. The molecule has 148 valence electrons. The van der Waals surface area contributed by atoms with Crippen molar-refractivity contribution in [3.63, 3.8) is 0 Å². The summed E-state index contributed by atoms with van der Waals surface area (Å²) >= 11 is 1.54. The average Bonchev–Trinajstić information content (AvgIpc) is 3.35. The number of hydrogen-bond acceptors (Lipinski definition) is 5. The van der Waals surface area contributed by atoms with Crippen LogP contribution in [-0.2, 0) is 11.8 Å². The lowest BCUT2D eigenvalue weighted by molar-refractivity contribution is 0.0613. The maximum atomic E-state index is 12.8. The van der Waals surface area contributed by atoms with Crippen molar-refractivity contribution >= 4 is 27.5 Å². The third-order valence-corrected chi connectivity index (χ3v) is 6.92. The van der Waals surface area contributed by atoms with Gasteiger partial charge in [-0.2, -0.15) is 5.10 Å².